The molecule has 0 bridgehead atoms. The van der Waals surface area contributed by atoms with Crippen molar-refractivity contribution in [1.29, 1.82) is 5.26 Å². The van der Waals surface area contributed by atoms with Crippen LogP contribution in [0.5, 0.6) is 5.75 Å². The molecule has 0 spiro atoms. The van der Waals surface area contributed by atoms with Crippen molar-refractivity contribution in [1.82, 2.24) is 0 Å². The summed E-state index contributed by atoms with van der Waals surface area (Å²) in [5.41, 5.74) is 6.61. The van der Waals surface area contributed by atoms with E-state index in [1.807, 2.05) is 6.07 Å². The van der Waals surface area contributed by atoms with Crippen LogP contribution in [0.3, 0.4) is 0 Å². The molecule has 0 aliphatic rings. The number of nitrogens with two attached hydrogens (primary N) is 1. The number of nitrogens with zero attached hydrogens (tertiary/aromatic N) is 1. The molecule has 1 aromatic rings. The number of hydrogen-bond donors (Lipinski definition) is 2. The number of aliphatic carboxylic acids is 1. The highest BCUT2D eigenvalue weighted by Gasteiger charge is 2.12. The predicted molar refractivity (Wildman–Crippen MR) is 60.7 cm³/mol. The molecular weight excluding hydrogens is 232 g/mol. The van der Waals surface area contributed by atoms with E-state index in [0.717, 1.165) is 0 Å². The number of nitrogen functional groups attached to an aromatic ring is 1. The molecule has 0 fully saturated rings. The number of halogens is 1. The molecule has 0 saturated heterocycles. The van der Waals surface area contributed by atoms with Crippen molar-refractivity contribution in [3.8, 4) is 11.8 Å². The minimum atomic E-state index is -0.997. The van der Waals surface area contributed by atoms with Gasteiger partial charge in [0.05, 0.1) is 30.9 Å². The number of hydrogen-bond acceptors (Lipinski definition) is 4. The molecule has 1 aromatic carbocycles. The van der Waals surface area contributed by atoms with Gasteiger partial charge in [-0.1, -0.05) is 0 Å². The molecule has 86 valence electrons. The van der Waals surface area contributed by atoms with E-state index in [1.54, 1.807) is 0 Å². The van der Waals surface area contributed by atoms with Crippen LogP contribution < -0.4 is 10.5 Å². The summed E-state index contributed by atoms with van der Waals surface area (Å²) in [6, 6.07) is 4.81. The third-order valence-electron chi connectivity index (χ3n) is 1.87. The zero-order valence-corrected chi connectivity index (χ0v) is 9.37. The van der Waals surface area contributed by atoms with E-state index in [9.17, 15) is 4.79 Å². The van der Waals surface area contributed by atoms with E-state index in [0.29, 0.717) is 16.9 Å². The van der Waals surface area contributed by atoms with E-state index < -0.39 is 5.97 Å². The van der Waals surface area contributed by atoms with E-state index in [-0.39, 0.29) is 24.5 Å². The van der Waals surface area contributed by atoms with Crippen LogP contribution in [0, 0.1) is 11.3 Å². The fourth-order valence-corrected chi connectivity index (χ4v) is 1.32. The van der Waals surface area contributed by atoms with Crippen molar-refractivity contribution >= 4 is 24.1 Å². The maximum atomic E-state index is 10.6. The average Bonchev–Trinajstić information content (AvgIpc) is 2.16. The highest BCUT2D eigenvalue weighted by atomic mass is 35.5. The van der Waals surface area contributed by atoms with Crippen molar-refractivity contribution in [3.63, 3.8) is 0 Å². The van der Waals surface area contributed by atoms with Gasteiger partial charge in [0.2, 0.25) is 0 Å². The van der Waals surface area contributed by atoms with E-state index >= 15 is 0 Å². The average molecular weight is 243 g/mol. The molecule has 16 heavy (non-hydrogen) atoms. The quantitative estimate of drug-likeness (QED) is 0.777. The summed E-state index contributed by atoms with van der Waals surface area (Å²) < 4.78 is 4.98. The normalized spacial score (nSPS) is 8.75. The van der Waals surface area contributed by atoms with Gasteiger partial charge >= 0.3 is 5.97 Å². The highest BCUT2D eigenvalue weighted by molar-refractivity contribution is 5.85. The monoisotopic (exact) mass is 242 g/mol. The van der Waals surface area contributed by atoms with Crippen LogP contribution in [0.2, 0.25) is 0 Å². The molecule has 0 unspecified atom stereocenters. The van der Waals surface area contributed by atoms with Crippen LogP contribution in [0.4, 0.5) is 5.69 Å². The maximum absolute atomic E-state index is 10.6. The number of methoxy groups -OCH3 is 1. The number of rotatable bonds is 3. The van der Waals surface area contributed by atoms with Gasteiger partial charge < -0.3 is 15.6 Å². The van der Waals surface area contributed by atoms with Gasteiger partial charge in [-0.25, -0.2) is 0 Å². The maximum Gasteiger partial charge on any atom is 0.307 e. The van der Waals surface area contributed by atoms with Gasteiger partial charge in [0.25, 0.3) is 0 Å². The molecule has 0 heterocycles. The lowest BCUT2D eigenvalue weighted by Gasteiger charge is -2.09. The lowest BCUT2D eigenvalue weighted by Crippen LogP contribution is -2.05. The Kier molecular flexibility index (Phi) is 5.13. The Hall–Kier alpha value is -1.93. The number of benzene rings is 1. The van der Waals surface area contributed by atoms with Crippen molar-refractivity contribution in [2.24, 2.45) is 0 Å². The summed E-state index contributed by atoms with van der Waals surface area (Å²) in [5.74, 6) is -0.681. The fourth-order valence-electron chi connectivity index (χ4n) is 1.32. The van der Waals surface area contributed by atoms with E-state index in [2.05, 4.69) is 0 Å². The van der Waals surface area contributed by atoms with Crippen molar-refractivity contribution in [2.45, 2.75) is 6.42 Å². The number of ether oxygens (including phenoxy) is 1. The van der Waals surface area contributed by atoms with Crippen molar-refractivity contribution in [3.05, 3.63) is 23.3 Å². The molecular formula is C10H11ClN2O3. The number of carboxylic acids is 1. The smallest absolute Gasteiger partial charge is 0.307 e. The summed E-state index contributed by atoms with van der Waals surface area (Å²) in [4.78, 5) is 10.6. The minimum absolute atomic E-state index is 0. The first-order valence-corrected chi connectivity index (χ1v) is 4.16. The first-order chi connectivity index (χ1) is 7.08. The van der Waals surface area contributed by atoms with Gasteiger partial charge in [-0.2, -0.15) is 5.26 Å². The first kappa shape index (κ1) is 14.1. The third kappa shape index (κ3) is 3.04. The Bertz CT molecular complexity index is 440. The summed E-state index contributed by atoms with van der Waals surface area (Å²) in [7, 11) is 1.41. The van der Waals surface area contributed by atoms with Crippen molar-refractivity contribution in [2.75, 3.05) is 12.8 Å². The molecule has 0 saturated carbocycles. The van der Waals surface area contributed by atoms with Gasteiger partial charge in [0.1, 0.15) is 5.75 Å². The Morgan fingerprint density at radius 3 is 2.69 bits per heavy atom. The van der Waals surface area contributed by atoms with Crippen LogP contribution in [0.25, 0.3) is 0 Å². The van der Waals surface area contributed by atoms with Gasteiger partial charge in [-0.15, -0.1) is 12.4 Å². The number of nitriles is 1. The predicted octanol–water partition coefficient (Wildman–Crippen LogP) is 1.20. The minimum Gasteiger partial charge on any atom is -0.494 e. The van der Waals surface area contributed by atoms with Crippen molar-refractivity contribution < 1.29 is 14.6 Å². The summed E-state index contributed by atoms with van der Waals surface area (Å²) in [5, 5.41) is 17.4. The molecule has 0 aliphatic heterocycles. The van der Waals surface area contributed by atoms with Crippen LogP contribution in [-0.2, 0) is 11.2 Å². The largest absolute Gasteiger partial charge is 0.494 e. The van der Waals surface area contributed by atoms with E-state index in [1.165, 1.54) is 19.2 Å². The second-order valence-corrected chi connectivity index (χ2v) is 2.94. The van der Waals surface area contributed by atoms with Gasteiger partial charge in [0, 0.05) is 5.56 Å². The summed E-state index contributed by atoms with van der Waals surface area (Å²) in [6.45, 7) is 0. The molecule has 0 amide bonds. The van der Waals surface area contributed by atoms with Gasteiger partial charge in [-0.05, 0) is 12.1 Å². The molecule has 6 heteroatoms. The van der Waals surface area contributed by atoms with Crippen LogP contribution in [-0.4, -0.2) is 18.2 Å². The molecule has 0 aromatic heterocycles. The Morgan fingerprint density at radius 2 is 2.25 bits per heavy atom. The first-order valence-electron chi connectivity index (χ1n) is 4.16. The standard InChI is InChI=1S/C10H10N2O3.ClH/c1-15-10-7(4-9(13)14)2-6(5-11)3-8(10)12;/h2-3H,4,12H2,1H3,(H,13,14);1H. The lowest BCUT2D eigenvalue weighted by atomic mass is 10.1. The number of carboxylic acid groups (broad SMARTS) is 1. The van der Waals surface area contributed by atoms with Gasteiger partial charge in [0.15, 0.2) is 0 Å². The molecule has 3 N–H and O–H groups in total. The SMILES string of the molecule is COc1c(N)cc(C#N)cc1CC(=O)O.Cl. The van der Waals surface area contributed by atoms with Crippen LogP contribution in [0.1, 0.15) is 11.1 Å². The molecule has 0 atom stereocenters. The molecule has 5 nitrogen and oxygen atoms in total. The van der Waals surface area contributed by atoms with Gasteiger partial charge in [-0.3, -0.25) is 4.79 Å². The molecule has 0 radical (unpaired) electrons. The van der Waals surface area contributed by atoms with Crippen LogP contribution >= 0.6 is 12.4 Å². The summed E-state index contributed by atoms with van der Waals surface area (Å²) >= 11 is 0. The molecule has 1 rings (SSSR count). The Labute approximate surface area is 98.8 Å². The Balaban J connectivity index is 0.00000225. The fraction of sp³-hybridized carbons (Fsp3) is 0.200. The van der Waals surface area contributed by atoms with E-state index in [4.69, 9.17) is 20.8 Å². The second kappa shape index (κ2) is 5.83. The number of carbonyl (C=O) groups is 1. The Morgan fingerprint density at radius 1 is 1.62 bits per heavy atom. The molecule has 0 aliphatic carbocycles. The lowest BCUT2D eigenvalue weighted by molar-refractivity contribution is -0.136. The second-order valence-electron chi connectivity index (χ2n) is 2.94. The zero-order chi connectivity index (χ0) is 11.4. The van der Waals surface area contributed by atoms with Crippen LogP contribution in [0.15, 0.2) is 12.1 Å². The third-order valence-corrected chi connectivity index (χ3v) is 1.87. The zero-order valence-electron chi connectivity index (χ0n) is 8.56. The number of anilines is 1. The topological polar surface area (TPSA) is 96.3 Å². The summed E-state index contributed by atoms with van der Waals surface area (Å²) in [6.07, 6.45) is -0.219. The highest BCUT2D eigenvalue weighted by Crippen LogP contribution is 2.28.